The van der Waals surface area contributed by atoms with E-state index in [4.69, 9.17) is 68.8 Å². The third-order valence-electron chi connectivity index (χ3n) is 18.1. The van der Waals surface area contributed by atoms with E-state index in [0.29, 0.717) is 71.0 Å². The third kappa shape index (κ3) is 27.1. The number of imide groups is 1. The molecule has 10 rings (SSSR count). The van der Waals surface area contributed by atoms with Gasteiger partial charge in [0.05, 0.1) is 118 Å². The summed E-state index contributed by atoms with van der Waals surface area (Å²) in [6, 6.07) is 8.92. The maximum Gasteiger partial charge on any atom is 0.413 e. The third-order valence-corrected chi connectivity index (χ3v) is 18.8. The Hall–Kier alpha value is -8.28. The predicted molar refractivity (Wildman–Crippen MR) is 431 cm³/mol. The molecule has 658 valence electrons. The molecule has 5 fully saturated rings. The van der Waals surface area contributed by atoms with Crippen molar-refractivity contribution >= 4 is 76.0 Å². The van der Waals surface area contributed by atoms with Crippen molar-refractivity contribution in [3.63, 3.8) is 0 Å². The van der Waals surface area contributed by atoms with Gasteiger partial charge in [0, 0.05) is 17.4 Å². The highest BCUT2D eigenvalue weighted by Crippen LogP contribution is 2.38. The predicted octanol–water partition coefficient (Wildman–Crippen LogP) is 10.2. The smallest absolute Gasteiger partial charge is 0.413 e. The number of benzene rings is 2. The van der Waals surface area contributed by atoms with Gasteiger partial charge in [-0.2, -0.15) is 0 Å². The number of rotatable bonds is 11. The summed E-state index contributed by atoms with van der Waals surface area (Å²) in [4.78, 5) is 131. The second-order valence-electron chi connectivity index (χ2n) is 35.6. The Morgan fingerprint density at radius 3 is 1.35 bits per heavy atom. The van der Waals surface area contributed by atoms with Gasteiger partial charge in [-0.1, -0.05) is 34.1 Å². The lowest BCUT2D eigenvalue weighted by Crippen LogP contribution is -2.52. The van der Waals surface area contributed by atoms with E-state index in [1.54, 1.807) is 102 Å². The minimum Gasteiger partial charge on any atom is -0.467 e. The minimum absolute atomic E-state index is 0.108. The van der Waals surface area contributed by atoms with Crippen molar-refractivity contribution in [1.82, 2.24) is 44.8 Å². The number of hydrazine groups is 1. The van der Waals surface area contributed by atoms with Crippen molar-refractivity contribution < 1.29 is 110 Å². The lowest BCUT2D eigenvalue weighted by Gasteiger charge is -2.35. The molecule has 38 heteroatoms. The summed E-state index contributed by atoms with van der Waals surface area (Å²) in [5, 5.41) is 9.19. The number of hydrogen-bond donors (Lipinski definition) is 6. The van der Waals surface area contributed by atoms with Gasteiger partial charge in [-0.15, -0.1) is 0 Å². The molecule has 7 aliphatic rings. The number of aromatic nitrogens is 2. The van der Waals surface area contributed by atoms with E-state index in [1.165, 1.54) is 38.8 Å². The lowest BCUT2D eigenvalue weighted by molar-refractivity contribution is -0.146. The van der Waals surface area contributed by atoms with Gasteiger partial charge in [0.2, 0.25) is 5.95 Å². The number of nitrogen functional groups attached to an aromatic ring is 1. The van der Waals surface area contributed by atoms with E-state index in [1.807, 2.05) is 118 Å². The summed E-state index contributed by atoms with van der Waals surface area (Å²) >= 11 is 3.44. The zero-order chi connectivity index (χ0) is 89.1. The molecule has 10 N–H and O–H groups in total. The highest BCUT2D eigenvalue weighted by atomic mass is 79.9. The molecule has 8 heterocycles. The molecule has 7 amide bonds. The standard InChI is InChI=1S/C25H32BrFN6O4.C20H26N2O5.C12H21NO5.C11H22N2O4.C11H21NO4.H4N2/c1-13-20-19(31-22(28)29-13)10-18(16-8-7-14(27)9-17(16)26)30-21(20)32-36-12-15-11-35-25(5,6)33(15)23(34)37-24(2,3)4;1-19(2,3)27-18(25)22-13(12-26-20(22,4)5)10-11-21-16(23)14-8-6-7-9-15(14)17(21)24;1-11(2,3)18-10(15)13-8(9(14)16-6)7-17-12(13,4)5;1-10(2,3)17-9(14)13-8(7-16-12)6-15-11(13,4)5;1-10(2,3)16-9(14)12-8(6-13)7-15-11(12,4)5;1-2/h7-9,15,18H,10-12H2,1-6H3,(H,30,32)(H2,28,29,31);6-9,13H,10-12H2,1-5H3;8H,7H2,1-6H3;8H,6-7,12H2,1-5H3;8,13H,6-7H2,1-5H3;1-2H2/t15-,18-;13-;3*8-;/m10110./s1. The number of nitrogens with two attached hydrogens (primary N) is 4. The van der Waals surface area contributed by atoms with Gasteiger partial charge in [-0.25, -0.2) is 54.5 Å². The monoisotopic (exact) mass is 1720 g/mol. The van der Waals surface area contributed by atoms with Gasteiger partial charge in [0.25, 0.3) is 11.8 Å². The van der Waals surface area contributed by atoms with Crippen molar-refractivity contribution in [2.24, 2.45) is 22.6 Å². The normalized spacial score (nSPS) is 22.0. The Balaban J connectivity index is 0.000000270. The molecule has 117 heavy (non-hydrogen) atoms. The van der Waals surface area contributed by atoms with Crippen LogP contribution in [0.4, 0.5) is 34.3 Å². The molecular weight excluding hydrogens is 1600 g/mol. The van der Waals surface area contributed by atoms with E-state index in [9.17, 15) is 47.9 Å². The molecule has 3 aromatic rings. The van der Waals surface area contributed by atoms with Crippen LogP contribution in [-0.4, -0.2) is 252 Å². The maximum absolute atomic E-state index is 13.7. The van der Waals surface area contributed by atoms with Gasteiger partial charge in [0.1, 0.15) is 62.4 Å². The number of methoxy groups -OCH3 is 1. The number of ether oxygens (including phenoxy) is 11. The van der Waals surface area contributed by atoms with E-state index in [2.05, 4.69) is 52.6 Å². The number of hydroxylamine groups is 1. The summed E-state index contributed by atoms with van der Waals surface area (Å²) < 4.78 is 74.0. The molecule has 7 aliphatic heterocycles. The number of esters is 1. The van der Waals surface area contributed by atoms with Crippen LogP contribution in [0.3, 0.4) is 0 Å². The van der Waals surface area contributed by atoms with Crippen LogP contribution in [-0.2, 0) is 73.0 Å². The number of fused-ring (bicyclic) bond motifs is 2. The number of halogens is 2. The van der Waals surface area contributed by atoms with Gasteiger partial charge in [-0.05, 0) is 216 Å². The second-order valence-corrected chi connectivity index (χ2v) is 36.4. The van der Waals surface area contributed by atoms with Crippen LogP contribution in [0.5, 0.6) is 0 Å². The molecule has 5 saturated heterocycles. The highest BCUT2D eigenvalue weighted by Gasteiger charge is 2.52. The fourth-order valence-electron chi connectivity index (χ4n) is 13.2. The summed E-state index contributed by atoms with van der Waals surface area (Å²) in [5.74, 6) is 12.2. The molecule has 0 unspecified atom stereocenters. The van der Waals surface area contributed by atoms with Crippen LogP contribution in [0.15, 0.2) is 51.9 Å². The Morgan fingerprint density at radius 2 is 0.949 bits per heavy atom. The first kappa shape index (κ1) is 99.3. The lowest BCUT2D eigenvalue weighted by atomic mass is 9.95. The van der Waals surface area contributed by atoms with Gasteiger partial charge >= 0.3 is 36.4 Å². The first-order valence-corrected chi connectivity index (χ1v) is 39.1. The molecule has 0 bridgehead atoms. The molecule has 1 aromatic heterocycles. The molecular formula is C79H126BrFN14O22. The van der Waals surface area contributed by atoms with E-state index in [-0.39, 0.29) is 87.3 Å². The van der Waals surface area contributed by atoms with Crippen LogP contribution in [0.1, 0.15) is 229 Å². The Morgan fingerprint density at radius 1 is 0.573 bits per heavy atom. The fraction of sp³-hybridized carbons (Fsp3) is 0.684. The number of hydrogen-bond acceptors (Lipinski definition) is 30. The Bertz CT molecular complexity index is 3970. The summed E-state index contributed by atoms with van der Waals surface area (Å²) in [6.07, 6.45) is -1.51. The molecule has 6 atom stereocenters. The van der Waals surface area contributed by atoms with E-state index in [0.717, 1.165) is 5.56 Å². The number of nitrogens with one attached hydrogen (secondary N) is 1. The van der Waals surface area contributed by atoms with Gasteiger partial charge in [-0.3, -0.25) is 60.5 Å². The van der Waals surface area contributed by atoms with Crippen molar-refractivity contribution in [2.45, 2.75) is 286 Å². The van der Waals surface area contributed by atoms with Gasteiger partial charge < -0.3 is 67.8 Å². The Kier molecular flexibility index (Phi) is 33.3. The average molecular weight is 1720 g/mol. The number of aliphatic hydroxyl groups is 1. The van der Waals surface area contributed by atoms with Crippen LogP contribution < -0.4 is 28.8 Å². The summed E-state index contributed by atoms with van der Waals surface area (Å²) in [7, 11) is 1.28. The Labute approximate surface area is 694 Å². The van der Waals surface area contributed by atoms with Crippen molar-refractivity contribution in [3.8, 4) is 0 Å². The maximum atomic E-state index is 13.7. The number of carbonyl (C=O) groups is 8. The average Bonchev–Trinajstić information content (AvgIpc) is 1.76. The van der Waals surface area contributed by atoms with Crippen LogP contribution in [0.2, 0.25) is 0 Å². The number of anilines is 1. The zero-order valence-corrected chi connectivity index (χ0v) is 74.5. The molecule has 0 spiro atoms. The summed E-state index contributed by atoms with van der Waals surface area (Å²) in [6.45, 7) is 48.6. The number of amides is 7. The fourth-order valence-corrected chi connectivity index (χ4v) is 13.9. The number of carbonyl (C=O) groups excluding carboxylic acids is 8. The quantitative estimate of drug-likeness (QED) is 0.0341. The zero-order valence-electron chi connectivity index (χ0n) is 72.9. The largest absolute Gasteiger partial charge is 0.467 e. The van der Waals surface area contributed by atoms with E-state index < -0.39 is 105 Å². The van der Waals surface area contributed by atoms with Gasteiger partial charge in [0.15, 0.2) is 11.9 Å². The molecule has 0 saturated carbocycles. The van der Waals surface area contributed by atoms with Crippen molar-refractivity contribution in [1.29, 1.82) is 0 Å². The minimum atomic E-state index is -0.888. The van der Waals surface area contributed by atoms with Crippen molar-refractivity contribution in [3.05, 3.63) is 86.4 Å². The SMILES string of the molecule is CC(C)(C)OC(=O)N1[C@@H](CCN2C(=O)c3ccccc3C2=O)COC1(C)C.CC(C)(C)OC(=O)N1[C@@H](CO)COC1(C)C.CC(C)(C)OC(=O)N1[C@@H](CON)COC1(C)C.COC(=O)[C@H]1COC(C)(C)N1C(=O)OC(C)(C)C.Cc1nc(N)nc2c1C(NOC[C@H]1COC(C)(C)N1C(=O)OC(C)(C)C)=N[C@@H](c1ccc(F)cc1Br)C2.NN. The first-order chi connectivity index (χ1) is 53.7. The molecule has 2 aromatic carbocycles. The van der Waals surface area contributed by atoms with Crippen LogP contribution in [0.25, 0.3) is 0 Å². The summed E-state index contributed by atoms with van der Waals surface area (Å²) in [5.41, 5.74) is 5.58. The number of nitrogens with zero attached hydrogens (tertiary/aromatic N) is 9. The molecule has 36 nitrogen and oxygen atoms in total. The highest BCUT2D eigenvalue weighted by molar-refractivity contribution is 9.10. The second kappa shape index (κ2) is 39.3. The molecule has 0 radical (unpaired) electrons. The number of aliphatic hydroxyl groups excluding tert-OH is 1. The number of aliphatic imine (C=N–C) groups is 1. The van der Waals surface area contributed by atoms with E-state index >= 15 is 0 Å². The topological polar surface area (TPSA) is 450 Å². The molecule has 0 aliphatic carbocycles. The first-order valence-electron chi connectivity index (χ1n) is 38.3. The van der Waals surface area contributed by atoms with Crippen molar-refractivity contribution in [2.75, 3.05) is 72.2 Å². The number of amidine groups is 1. The van der Waals surface area contributed by atoms with Crippen LogP contribution in [0, 0.1) is 12.7 Å². The van der Waals surface area contributed by atoms with Crippen LogP contribution >= 0.6 is 15.9 Å². The number of aryl methyl sites for hydroxylation is 1.